The Kier molecular flexibility index (Phi) is 6.37. The fourth-order valence-electron chi connectivity index (χ4n) is 5.82. The molecule has 3 heterocycles. The predicted molar refractivity (Wildman–Crippen MR) is 148 cm³/mol. The molecule has 0 fully saturated rings. The minimum atomic E-state index is -0.651. The van der Waals surface area contributed by atoms with E-state index in [1.54, 1.807) is 15.8 Å². The third-order valence-corrected chi connectivity index (χ3v) is 8.86. The molecular formula is C30H29N3O4S. The van der Waals surface area contributed by atoms with Crippen LogP contribution in [0.3, 0.4) is 0 Å². The Morgan fingerprint density at radius 3 is 2.61 bits per heavy atom. The maximum absolute atomic E-state index is 13.9. The van der Waals surface area contributed by atoms with E-state index in [2.05, 4.69) is 36.2 Å². The summed E-state index contributed by atoms with van der Waals surface area (Å²) in [6, 6.07) is 18.1. The van der Waals surface area contributed by atoms with E-state index in [-0.39, 0.29) is 30.9 Å². The van der Waals surface area contributed by atoms with Crippen molar-refractivity contribution in [3.05, 3.63) is 122 Å². The Hall–Kier alpha value is -3.75. The lowest BCUT2D eigenvalue weighted by Gasteiger charge is -2.47. The van der Waals surface area contributed by atoms with E-state index in [1.807, 2.05) is 54.2 Å². The van der Waals surface area contributed by atoms with Crippen LogP contribution < -0.4 is 10.4 Å². The molecule has 3 atom stereocenters. The molecule has 1 amide bonds. The number of pyridine rings is 1. The van der Waals surface area contributed by atoms with Crippen molar-refractivity contribution < 1.29 is 15.0 Å². The van der Waals surface area contributed by atoms with Gasteiger partial charge in [-0.1, -0.05) is 73.7 Å². The highest BCUT2D eigenvalue weighted by Crippen LogP contribution is 2.47. The van der Waals surface area contributed by atoms with Crippen LogP contribution in [-0.4, -0.2) is 39.0 Å². The van der Waals surface area contributed by atoms with Gasteiger partial charge in [0.2, 0.25) is 5.43 Å². The molecule has 2 aromatic carbocycles. The predicted octanol–water partition coefficient (Wildman–Crippen LogP) is 4.48. The van der Waals surface area contributed by atoms with E-state index in [1.165, 1.54) is 22.1 Å². The summed E-state index contributed by atoms with van der Waals surface area (Å²) in [5.41, 5.74) is 3.66. The van der Waals surface area contributed by atoms with Gasteiger partial charge >= 0.3 is 0 Å². The smallest absolute Gasteiger partial charge is 0.278 e. The summed E-state index contributed by atoms with van der Waals surface area (Å²) in [6.45, 7) is 2.08. The molecule has 0 bridgehead atoms. The lowest BCUT2D eigenvalue weighted by molar-refractivity contribution is 0.0492. The lowest BCUT2D eigenvalue weighted by Crippen LogP contribution is -2.57. The number of thioether (sulfide) groups is 1. The van der Waals surface area contributed by atoms with Gasteiger partial charge in [0, 0.05) is 22.9 Å². The Morgan fingerprint density at radius 2 is 1.82 bits per heavy atom. The highest BCUT2D eigenvalue weighted by molar-refractivity contribution is 8.02. The van der Waals surface area contributed by atoms with Crippen molar-refractivity contribution in [3.63, 3.8) is 0 Å². The first kappa shape index (κ1) is 24.6. The van der Waals surface area contributed by atoms with Crippen LogP contribution in [0, 0.1) is 5.92 Å². The van der Waals surface area contributed by atoms with E-state index in [0.29, 0.717) is 0 Å². The number of aromatic hydroxyl groups is 1. The Balaban J connectivity index is 1.59. The average molecular weight is 528 g/mol. The van der Waals surface area contributed by atoms with Gasteiger partial charge in [0.1, 0.15) is 6.67 Å². The third-order valence-electron chi connectivity index (χ3n) is 7.72. The minimum Gasteiger partial charge on any atom is -0.502 e. The molecule has 0 radical (unpaired) electrons. The zero-order valence-corrected chi connectivity index (χ0v) is 21.8. The molecule has 3 aliphatic rings. The second kappa shape index (κ2) is 9.85. The summed E-state index contributed by atoms with van der Waals surface area (Å²) >= 11 is 1.82. The number of aliphatic hydroxyl groups is 1. The number of hydrogen-bond donors (Lipinski definition) is 2. The summed E-state index contributed by atoms with van der Waals surface area (Å²) in [5.74, 6) is -0.00527. The summed E-state index contributed by atoms with van der Waals surface area (Å²) in [5, 5.41) is 23.4. The van der Waals surface area contributed by atoms with Gasteiger partial charge < -0.3 is 15.1 Å². The number of amides is 1. The second-order valence-corrected chi connectivity index (χ2v) is 11.0. The Morgan fingerprint density at radius 1 is 1.05 bits per heavy atom. The SMILES string of the molecule is CC1CC=CC2=C1C(N1CN([C@H](CO)c3ccccc3)C(=O)c3c(O)c(=O)ccn31)c1ccccc1CS2. The van der Waals surface area contributed by atoms with Gasteiger partial charge in [-0.25, -0.2) is 0 Å². The number of nitrogens with zero attached hydrogens (tertiary/aromatic N) is 3. The largest absolute Gasteiger partial charge is 0.502 e. The molecule has 0 spiro atoms. The molecule has 38 heavy (non-hydrogen) atoms. The summed E-state index contributed by atoms with van der Waals surface area (Å²) in [6.07, 6.45) is 6.88. The number of aromatic nitrogens is 1. The van der Waals surface area contributed by atoms with Gasteiger partial charge in [-0.05, 0) is 34.6 Å². The molecule has 3 aromatic rings. The van der Waals surface area contributed by atoms with Gasteiger partial charge in [0.15, 0.2) is 11.4 Å². The maximum Gasteiger partial charge on any atom is 0.278 e. The second-order valence-electron chi connectivity index (χ2n) is 9.94. The fraction of sp³-hybridized carbons (Fsp3) is 0.267. The van der Waals surface area contributed by atoms with Crippen molar-refractivity contribution in [2.45, 2.75) is 31.2 Å². The fourth-order valence-corrected chi connectivity index (χ4v) is 7.06. The van der Waals surface area contributed by atoms with Crippen LogP contribution in [0.1, 0.15) is 52.6 Å². The van der Waals surface area contributed by atoms with E-state index in [9.17, 15) is 19.8 Å². The van der Waals surface area contributed by atoms with Crippen molar-refractivity contribution in [2.75, 3.05) is 18.3 Å². The van der Waals surface area contributed by atoms with Crippen molar-refractivity contribution >= 4 is 17.7 Å². The maximum atomic E-state index is 13.9. The van der Waals surface area contributed by atoms with Gasteiger partial charge in [0.05, 0.1) is 18.7 Å². The van der Waals surface area contributed by atoms with E-state index in [0.717, 1.165) is 23.3 Å². The zero-order valence-electron chi connectivity index (χ0n) is 21.0. The Labute approximate surface area is 225 Å². The summed E-state index contributed by atoms with van der Waals surface area (Å²) in [7, 11) is 0. The molecule has 1 aromatic heterocycles. The molecule has 0 saturated carbocycles. The molecule has 7 nitrogen and oxygen atoms in total. The van der Waals surface area contributed by atoms with Crippen LogP contribution >= 0.6 is 11.8 Å². The topological polar surface area (TPSA) is 86.0 Å². The van der Waals surface area contributed by atoms with Crippen molar-refractivity contribution in [2.24, 2.45) is 5.92 Å². The van der Waals surface area contributed by atoms with Crippen LogP contribution in [0.15, 0.2) is 94.3 Å². The number of benzene rings is 2. The zero-order chi connectivity index (χ0) is 26.4. The molecule has 2 unspecified atom stereocenters. The number of carbonyl (C=O) groups excluding carboxylic acids is 1. The van der Waals surface area contributed by atoms with Crippen LogP contribution in [-0.2, 0) is 5.75 Å². The van der Waals surface area contributed by atoms with E-state index >= 15 is 0 Å². The van der Waals surface area contributed by atoms with Gasteiger partial charge in [0.25, 0.3) is 5.91 Å². The van der Waals surface area contributed by atoms with Crippen LogP contribution in [0.2, 0.25) is 0 Å². The highest BCUT2D eigenvalue weighted by Gasteiger charge is 2.42. The van der Waals surface area contributed by atoms with E-state index in [4.69, 9.17) is 0 Å². The van der Waals surface area contributed by atoms with Gasteiger partial charge in [-0.15, -0.1) is 11.8 Å². The normalized spacial score (nSPS) is 21.5. The van der Waals surface area contributed by atoms with Crippen LogP contribution in [0.4, 0.5) is 0 Å². The number of fused-ring (bicyclic) bond motifs is 2. The first-order chi connectivity index (χ1) is 18.5. The molecule has 2 aliphatic heterocycles. The van der Waals surface area contributed by atoms with Gasteiger partial charge in [-0.2, -0.15) is 0 Å². The highest BCUT2D eigenvalue weighted by atomic mass is 32.2. The molecule has 0 saturated heterocycles. The van der Waals surface area contributed by atoms with Crippen molar-refractivity contribution in [1.29, 1.82) is 0 Å². The quantitative estimate of drug-likeness (QED) is 0.521. The molecule has 8 heteroatoms. The number of hydrogen-bond acceptors (Lipinski definition) is 6. The van der Waals surface area contributed by atoms with Crippen molar-refractivity contribution in [1.82, 2.24) is 9.58 Å². The van der Waals surface area contributed by atoms with Crippen LogP contribution in [0.5, 0.6) is 5.75 Å². The first-order valence-electron chi connectivity index (χ1n) is 12.8. The number of aliphatic hydroxyl groups excluding tert-OH is 1. The molecule has 194 valence electrons. The van der Waals surface area contributed by atoms with E-state index < -0.39 is 23.1 Å². The third kappa shape index (κ3) is 3.95. The van der Waals surface area contributed by atoms with Gasteiger partial charge in [-0.3, -0.25) is 19.3 Å². The molecule has 1 aliphatic carbocycles. The lowest BCUT2D eigenvalue weighted by atomic mass is 9.83. The number of rotatable bonds is 4. The minimum absolute atomic E-state index is 0.0892. The molecular weight excluding hydrogens is 498 g/mol. The Bertz CT molecular complexity index is 1510. The first-order valence-corrected chi connectivity index (χ1v) is 13.8. The number of allylic oxidation sites excluding steroid dienone is 2. The molecule has 2 N–H and O–H groups in total. The van der Waals surface area contributed by atoms with Crippen LogP contribution in [0.25, 0.3) is 0 Å². The average Bonchev–Trinajstić information content (AvgIpc) is 3.11. The standard InChI is InChI=1S/C30H29N3O4S/c1-19-8-7-13-25-26(19)27(22-12-6-5-11-21(22)17-38-25)33-18-31(23(16-34)20-9-3-2-4-10-20)30(37)28-29(36)24(35)14-15-32(28)33/h2-7,9-15,19,23,27,34,36H,8,16-18H2,1H3/t19?,23-,27?/m1/s1. The molecule has 6 rings (SSSR count). The summed E-state index contributed by atoms with van der Waals surface area (Å²) in [4.78, 5) is 29.2. The summed E-state index contributed by atoms with van der Waals surface area (Å²) < 4.78 is 1.64. The monoisotopic (exact) mass is 527 g/mol. The number of carbonyl (C=O) groups is 1. The van der Waals surface area contributed by atoms with Crippen molar-refractivity contribution in [3.8, 4) is 5.75 Å².